The van der Waals surface area contributed by atoms with Crippen molar-refractivity contribution in [3.05, 3.63) is 93.5 Å². The van der Waals surface area contributed by atoms with Gasteiger partial charge in [-0.15, -0.1) is 0 Å². The van der Waals surface area contributed by atoms with Crippen molar-refractivity contribution in [2.75, 3.05) is 23.3 Å². The molecule has 0 spiro atoms. The summed E-state index contributed by atoms with van der Waals surface area (Å²) in [5.41, 5.74) is 4.11. The number of carbonyl (C=O) groups is 2. The average Bonchev–Trinajstić information content (AvgIpc) is 2.94. The zero-order valence-corrected chi connectivity index (χ0v) is 23.0. The Morgan fingerprint density at radius 3 is 2.49 bits per heavy atom. The van der Waals surface area contributed by atoms with E-state index in [-0.39, 0.29) is 22.7 Å². The van der Waals surface area contributed by atoms with Crippen LogP contribution in [-0.2, 0) is 11.5 Å². The summed E-state index contributed by atoms with van der Waals surface area (Å²) < 4.78 is 39.5. The molecule has 1 saturated heterocycles. The molecule has 39 heavy (non-hydrogen) atoms. The Morgan fingerprint density at radius 1 is 1.00 bits per heavy atom. The second kappa shape index (κ2) is 12.7. The quantitative estimate of drug-likeness (QED) is 0.166. The zero-order valence-electron chi connectivity index (χ0n) is 20.7. The first-order valence-corrected chi connectivity index (χ1v) is 13.7. The van der Waals surface area contributed by atoms with Crippen molar-refractivity contribution in [1.82, 2.24) is 5.43 Å². The van der Waals surface area contributed by atoms with Crippen LogP contribution >= 0.6 is 27.5 Å². The Balaban J connectivity index is 1.58. The Kier molecular flexibility index (Phi) is 9.29. The number of benzene rings is 3. The highest BCUT2D eigenvalue weighted by Gasteiger charge is 2.33. The fourth-order valence-corrected chi connectivity index (χ4v) is 4.81. The minimum absolute atomic E-state index is 0.106. The van der Waals surface area contributed by atoms with Crippen LogP contribution < -0.4 is 15.6 Å². The van der Waals surface area contributed by atoms with Crippen LogP contribution in [0.3, 0.4) is 0 Å². The number of nitrogens with one attached hydrogen (secondary N) is 2. The third-order valence-corrected chi connectivity index (χ3v) is 7.21. The number of rotatable bonds is 7. The molecule has 0 atom stereocenters. The van der Waals surface area contributed by atoms with Gasteiger partial charge >= 0.3 is 6.18 Å². The number of piperidine rings is 1. The molecule has 3 aromatic carbocycles. The van der Waals surface area contributed by atoms with Crippen molar-refractivity contribution in [2.45, 2.75) is 30.8 Å². The van der Waals surface area contributed by atoms with Crippen LogP contribution in [0.5, 0.6) is 0 Å². The highest BCUT2D eigenvalue weighted by atomic mass is 79.9. The van der Waals surface area contributed by atoms with Crippen molar-refractivity contribution in [3.63, 3.8) is 0 Å². The molecule has 1 fully saturated rings. The largest absolute Gasteiger partial charge is 0.417 e. The van der Waals surface area contributed by atoms with E-state index in [4.69, 9.17) is 11.6 Å². The monoisotopic (exact) mass is 620 g/mol. The van der Waals surface area contributed by atoms with Crippen molar-refractivity contribution >= 4 is 56.9 Å². The van der Waals surface area contributed by atoms with Crippen LogP contribution in [0.2, 0.25) is 5.02 Å². The number of hydrogen-bond acceptors (Lipinski definition) is 4. The highest BCUT2D eigenvalue weighted by Crippen LogP contribution is 2.35. The SMILES string of the molecule is O=C(Nc1ccc(N2CCCCC2)cc1C(=O)N/N=C\c1ccc(Cl)c(C(F)(F)F)c1)c1cccc(CBr)c1. The third-order valence-electron chi connectivity index (χ3n) is 6.24. The van der Waals surface area contributed by atoms with E-state index in [0.29, 0.717) is 10.9 Å². The van der Waals surface area contributed by atoms with Gasteiger partial charge in [-0.3, -0.25) is 9.59 Å². The summed E-state index contributed by atoms with van der Waals surface area (Å²) in [7, 11) is 0. The number of hydrazone groups is 1. The van der Waals surface area contributed by atoms with Gasteiger partial charge in [0.15, 0.2) is 0 Å². The minimum atomic E-state index is -4.62. The summed E-state index contributed by atoms with van der Waals surface area (Å²) in [5.74, 6) is -1.01. The highest BCUT2D eigenvalue weighted by molar-refractivity contribution is 9.08. The van der Waals surface area contributed by atoms with Gasteiger partial charge in [0.1, 0.15) is 0 Å². The van der Waals surface area contributed by atoms with Gasteiger partial charge in [0.25, 0.3) is 11.8 Å². The average molecular weight is 622 g/mol. The first-order valence-electron chi connectivity index (χ1n) is 12.2. The summed E-state index contributed by atoms with van der Waals surface area (Å²) in [6.07, 6.45) is -0.312. The lowest BCUT2D eigenvalue weighted by Crippen LogP contribution is -2.30. The van der Waals surface area contributed by atoms with E-state index in [0.717, 1.165) is 62.0 Å². The minimum Gasteiger partial charge on any atom is -0.372 e. The summed E-state index contributed by atoms with van der Waals surface area (Å²) in [5, 5.41) is 6.81. The van der Waals surface area contributed by atoms with Crippen LogP contribution in [0.15, 0.2) is 65.8 Å². The lowest BCUT2D eigenvalue weighted by Gasteiger charge is -2.29. The molecule has 4 rings (SSSR count). The molecule has 11 heteroatoms. The maximum Gasteiger partial charge on any atom is 0.417 e. The molecule has 204 valence electrons. The Labute approximate surface area is 237 Å². The Bertz CT molecular complexity index is 1390. The molecule has 0 bridgehead atoms. The summed E-state index contributed by atoms with van der Waals surface area (Å²) in [6.45, 7) is 1.70. The lowest BCUT2D eigenvalue weighted by atomic mass is 10.1. The standard InChI is InChI=1S/C28H25BrClF3N4O2/c29-16-18-5-4-6-20(13-18)26(38)35-25-10-8-21(37-11-2-1-3-12-37)15-22(25)27(39)36-34-17-19-7-9-24(30)23(14-19)28(31,32)33/h4-10,13-15,17H,1-3,11-12,16H2,(H,35,38)(H,36,39)/b34-17-. The fourth-order valence-electron chi connectivity index (χ4n) is 4.23. The van der Waals surface area contributed by atoms with Gasteiger partial charge < -0.3 is 10.2 Å². The Morgan fingerprint density at radius 2 is 1.77 bits per heavy atom. The smallest absolute Gasteiger partial charge is 0.372 e. The van der Waals surface area contributed by atoms with E-state index in [9.17, 15) is 22.8 Å². The van der Waals surface area contributed by atoms with Gasteiger partial charge in [0.05, 0.1) is 28.1 Å². The predicted octanol–water partition coefficient (Wildman–Crippen LogP) is 7.26. The molecule has 1 heterocycles. The van der Waals surface area contributed by atoms with Gasteiger partial charge in [0.2, 0.25) is 0 Å². The van der Waals surface area contributed by atoms with Gasteiger partial charge in [-0.2, -0.15) is 18.3 Å². The van der Waals surface area contributed by atoms with E-state index in [1.54, 1.807) is 30.3 Å². The van der Waals surface area contributed by atoms with Crippen LogP contribution in [0.4, 0.5) is 24.5 Å². The maximum absolute atomic E-state index is 13.2. The molecule has 3 aromatic rings. The van der Waals surface area contributed by atoms with Crippen LogP contribution in [0.1, 0.15) is 56.7 Å². The molecule has 0 aliphatic carbocycles. The maximum atomic E-state index is 13.2. The zero-order chi connectivity index (χ0) is 28.0. The van der Waals surface area contributed by atoms with Gasteiger partial charge in [-0.25, -0.2) is 5.43 Å². The summed E-state index contributed by atoms with van der Waals surface area (Å²) in [6, 6.07) is 15.6. The number of halogens is 5. The first kappa shape index (κ1) is 28.6. The summed E-state index contributed by atoms with van der Waals surface area (Å²) in [4.78, 5) is 28.3. The molecule has 2 N–H and O–H groups in total. The van der Waals surface area contributed by atoms with Crippen molar-refractivity contribution in [3.8, 4) is 0 Å². The van der Waals surface area contributed by atoms with Crippen molar-refractivity contribution < 1.29 is 22.8 Å². The Hall–Kier alpha value is -3.37. The molecule has 1 aliphatic rings. The molecule has 2 amide bonds. The van der Waals surface area contributed by atoms with Crippen molar-refractivity contribution in [2.24, 2.45) is 5.10 Å². The van der Waals surface area contributed by atoms with Crippen molar-refractivity contribution in [1.29, 1.82) is 0 Å². The van der Waals surface area contributed by atoms with Gasteiger partial charge in [-0.1, -0.05) is 45.7 Å². The van der Waals surface area contributed by atoms with E-state index in [1.807, 2.05) is 12.1 Å². The number of hydrogen-bond donors (Lipinski definition) is 2. The normalized spacial score (nSPS) is 13.9. The second-order valence-electron chi connectivity index (χ2n) is 9.00. The number of anilines is 2. The number of amides is 2. The molecule has 1 aliphatic heterocycles. The molecule has 0 saturated carbocycles. The predicted molar refractivity (Wildman–Crippen MR) is 151 cm³/mol. The topological polar surface area (TPSA) is 73.8 Å². The molecule has 0 unspecified atom stereocenters. The van der Waals surface area contributed by atoms with Gasteiger partial charge in [-0.05, 0) is 72.9 Å². The number of nitrogens with zero attached hydrogens (tertiary/aromatic N) is 2. The lowest BCUT2D eigenvalue weighted by molar-refractivity contribution is -0.137. The molecular formula is C28H25BrClF3N4O2. The second-order valence-corrected chi connectivity index (χ2v) is 9.97. The molecule has 0 aromatic heterocycles. The van der Waals surface area contributed by atoms with Crippen LogP contribution in [-0.4, -0.2) is 31.1 Å². The van der Waals surface area contributed by atoms with Crippen LogP contribution in [0, 0.1) is 0 Å². The van der Waals surface area contributed by atoms with E-state index in [2.05, 4.69) is 36.7 Å². The third kappa shape index (κ3) is 7.39. The number of alkyl halides is 4. The molecular weight excluding hydrogens is 597 g/mol. The van der Waals surface area contributed by atoms with E-state index < -0.39 is 22.7 Å². The van der Waals surface area contributed by atoms with E-state index in [1.165, 1.54) is 6.07 Å². The molecule has 6 nitrogen and oxygen atoms in total. The van der Waals surface area contributed by atoms with Gasteiger partial charge in [0, 0.05) is 29.7 Å². The van der Waals surface area contributed by atoms with E-state index >= 15 is 0 Å². The fraction of sp³-hybridized carbons (Fsp3) is 0.250. The first-order chi connectivity index (χ1) is 18.7. The van der Waals surface area contributed by atoms with Crippen LogP contribution in [0.25, 0.3) is 0 Å². The molecule has 0 radical (unpaired) electrons. The summed E-state index contributed by atoms with van der Waals surface area (Å²) >= 11 is 9.05. The number of carbonyl (C=O) groups excluding carboxylic acids is 2.